The minimum Gasteiger partial charge on any atom is -0.464 e. The molecule has 261 valence electrons. The summed E-state index contributed by atoms with van der Waals surface area (Å²) in [5, 5.41) is -0.841. The Bertz CT molecular complexity index is 1180. The third-order valence-electron chi connectivity index (χ3n) is 11.6. The molecule has 4 aliphatic rings. The molecule has 0 aromatic heterocycles. The van der Waals surface area contributed by atoms with Crippen molar-refractivity contribution in [1.29, 1.82) is 0 Å². The molecule has 0 aliphatic heterocycles. The van der Waals surface area contributed by atoms with Crippen LogP contribution in [0.15, 0.2) is 30.3 Å². The van der Waals surface area contributed by atoms with Crippen LogP contribution in [-0.2, 0) is 28.6 Å². The summed E-state index contributed by atoms with van der Waals surface area (Å²) in [5.41, 5.74) is -1.11. The number of ether oxygens (including phenoxy) is 3. The second-order valence-corrected chi connectivity index (χ2v) is 16.6. The third-order valence-corrected chi connectivity index (χ3v) is 11.6. The predicted octanol–water partition coefficient (Wildman–Crippen LogP) is 8.21. The van der Waals surface area contributed by atoms with Crippen molar-refractivity contribution < 1.29 is 28.6 Å². The zero-order valence-electron chi connectivity index (χ0n) is 30.6. The molecule has 3 unspecified atom stereocenters. The second kappa shape index (κ2) is 15.5. The summed E-state index contributed by atoms with van der Waals surface area (Å²) in [6, 6.07) is 9.91. The Balaban J connectivity index is 1.50. The number of carbonyl (C=O) groups excluding carboxylic acids is 3. The second-order valence-electron chi connectivity index (χ2n) is 16.6. The zero-order chi connectivity index (χ0) is 34.5. The third kappa shape index (κ3) is 9.42. The molecule has 47 heavy (non-hydrogen) atoms. The van der Waals surface area contributed by atoms with Crippen molar-refractivity contribution in [1.82, 2.24) is 4.90 Å². The number of esters is 3. The molecule has 3 atom stereocenters. The molecule has 0 saturated heterocycles. The first-order valence-corrected chi connectivity index (χ1v) is 18.3. The van der Waals surface area contributed by atoms with Crippen molar-refractivity contribution in [3.05, 3.63) is 35.9 Å². The van der Waals surface area contributed by atoms with E-state index in [2.05, 4.69) is 6.92 Å². The van der Waals surface area contributed by atoms with E-state index in [1.165, 1.54) is 19.3 Å². The van der Waals surface area contributed by atoms with Gasteiger partial charge in [0.05, 0.1) is 10.8 Å². The van der Waals surface area contributed by atoms with Gasteiger partial charge in [0.1, 0.15) is 25.6 Å². The van der Waals surface area contributed by atoms with Crippen LogP contribution >= 0.6 is 0 Å². The summed E-state index contributed by atoms with van der Waals surface area (Å²) in [4.78, 5) is 43.4. The van der Waals surface area contributed by atoms with E-state index in [4.69, 9.17) is 14.2 Å². The summed E-state index contributed by atoms with van der Waals surface area (Å²) in [7, 11) is 5.87. The topological polar surface area (TPSA) is 82.1 Å². The van der Waals surface area contributed by atoms with Gasteiger partial charge in [-0.3, -0.25) is 14.4 Å². The predicted molar refractivity (Wildman–Crippen MR) is 187 cm³/mol. The van der Waals surface area contributed by atoms with Gasteiger partial charge in [-0.25, -0.2) is 0 Å². The van der Waals surface area contributed by atoms with Crippen molar-refractivity contribution in [2.24, 2.45) is 28.6 Å². The van der Waals surface area contributed by atoms with E-state index in [-0.39, 0.29) is 29.6 Å². The molecule has 4 saturated carbocycles. The van der Waals surface area contributed by atoms with Crippen LogP contribution < -0.4 is 0 Å². The molecule has 4 fully saturated rings. The van der Waals surface area contributed by atoms with Crippen LogP contribution in [0.1, 0.15) is 124 Å². The van der Waals surface area contributed by atoms with E-state index in [0.29, 0.717) is 56.5 Å². The molecule has 4 bridgehead atoms. The van der Waals surface area contributed by atoms with Gasteiger partial charge in [0.15, 0.2) is 0 Å². The first-order chi connectivity index (χ1) is 22.1. The Morgan fingerprint density at radius 1 is 0.894 bits per heavy atom. The molecule has 0 N–H and O–H groups in total. The van der Waals surface area contributed by atoms with Gasteiger partial charge in [0.25, 0.3) is 0 Å². The highest BCUT2D eigenvalue weighted by Gasteiger charge is 2.55. The largest absolute Gasteiger partial charge is 0.464 e. The Hall–Kier alpha value is -2.35. The minimum atomic E-state index is -0.913. The number of hydrogen-bond acceptors (Lipinski definition) is 7. The van der Waals surface area contributed by atoms with Crippen molar-refractivity contribution in [2.45, 2.75) is 136 Å². The average Bonchev–Trinajstić information content (AvgIpc) is 3.01. The van der Waals surface area contributed by atoms with Crippen LogP contribution in [0.4, 0.5) is 0 Å². The highest BCUT2D eigenvalue weighted by molar-refractivity contribution is 6.47. The van der Waals surface area contributed by atoms with Crippen molar-refractivity contribution in [3.8, 4) is 0 Å². The molecule has 0 heterocycles. The van der Waals surface area contributed by atoms with E-state index >= 15 is 0 Å². The standard InChI is InChI=1S/C39H61BNO6/c1-9-14-32(31-15-12-11-13-16-31)46-33(42)36(3,4)17-18-37(5,27-40-38(6,10-2)35(44)45-20-19-41(7)8)34(43)47-39-24-28-21-29(25-39)23-30(22-28)26-39/h11-13,15-16,28-30,32H,9-10,14,17-27H2,1-8H3. The van der Waals surface area contributed by atoms with Gasteiger partial charge < -0.3 is 19.1 Å². The SMILES string of the molecule is CCCC(OC(=O)C(C)(C)CCC(C)(C[B]C(C)(CC)C(=O)OCCN(C)C)C(=O)OC12CC3CC(CC(C3)C1)C2)c1ccccc1. The van der Waals surface area contributed by atoms with Gasteiger partial charge in [-0.2, -0.15) is 0 Å². The van der Waals surface area contributed by atoms with Gasteiger partial charge >= 0.3 is 17.9 Å². The lowest BCUT2D eigenvalue weighted by Gasteiger charge is -2.56. The number of hydrogen-bond donors (Lipinski definition) is 0. The van der Waals surface area contributed by atoms with E-state index in [0.717, 1.165) is 37.7 Å². The molecule has 0 amide bonds. The maximum atomic E-state index is 14.4. The lowest BCUT2D eigenvalue weighted by atomic mass is 9.45. The molecule has 7 nitrogen and oxygen atoms in total. The Kier molecular flexibility index (Phi) is 12.3. The monoisotopic (exact) mass is 650 g/mol. The minimum absolute atomic E-state index is 0.201. The molecule has 0 spiro atoms. The van der Waals surface area contributed by atoms with Crippen LogP contribution in [0.5, 0.6) is 0 Å². The number of rotatable bonds is 18. The fourth-order valence-corrected chi connectivity index (χ4v) is 8.27. The molecular formula is C39H61BNO6. The van der Waals surface area contributed by atoms with Gasteiger partial charge in [0.2, 0.25) is 0 Å². The molecule has 5 rings (SSSR count). The normalized spacial score (nSPS) is 26.6. The van der Waals surface area contributed by atoms with Crippen LogP contribution in [0.3, 0.4) is 0 Å². The van der Waals surface area contributed by atoms with Crippen LogP contribution in [0, 0.1) is 28.6 Å². The van der Waals surface area contributed by atoms with E-state index in [9.17, 15) is 14.4 Å². The molecule has 1 radical (unpaired) electrons. The highest BCUT2D eigenvalue weighted by atomic mass is 16.6. The molecule has 1 aromatic rings. The fourth-order valence-electron chi connectivity index (χ4n) is 8.27. The highest BCUT2D eigenvalue weighted by Crippen LogP contribution is 2.58. The smallest absolute Gasteiger partial charge is 0.312 e. The number of likely N-dealkylation sites (N-methyl/N-ethyl adjacent to an activating group) is 1. The Labute approximate surface area is 285 Å². The number of nitrogens with zero attached hydrogens (tertiary/aromatic N) is 1. The number of benzene rings is 1. The van der Waals surface area contributed by atoms with Crippen molar-refractivity contribution in [3.63, 3.8) is 0 Å². The van der Waals surface area contributed by atoms with Crippen LogP contribution in [0.25, 0.3) is 0 Å². The van der Waals surface area contributed by atoms with Crippen molar-refractivity contribution >= 4 is 25.2 Å². The van der Waals surface area contributed by atoms with Crippen molar-refractivity contribution in [2.75, 3.05) is 27.2 Å². The van der Waals surface area contributed by atoms with Gasteiger partial charge in [-0.15, -0.1) is 0 Å². The quantitative estimate of drug-likeness (QED) is 0.0900. The summed E-state index contributed by atoms with van der Waals surface area (Å²) in [6.45, 7) is 12.7. The fraction of sp³-hybridized carbons (Fsp3) is 0.769. The zero-order valence-corrected chi connectivity index (χ0v) is 30.6. The number of carbonyl (C=O) groups is 3. The maximum Gasteiger partial charge on any atom is 0.312 e. The van der Waals surface area contributed by atoms with Gasteiger partial charge in [-0.1, -0.05) is 63.8 Å². The van der Waals surface area contributed by atoms with Crippen LogP contribution in [-0.4, -0.2) is 62.9 Å². The first-order valence-electron chi connectivity index (χ1n) is 18.3. The van der Waals surface area contributed by atoms with E-state index in [1.54, 1.807) is 0 Å². The van der Waals surface area contributed by atoms with Crippen LogP contribution in [0.2, 0.25) is 11.6 Å². The Morgan fingerprint density at radius 2 is 1.49 bits per heavy atom. The van der Waals surface area contributed by atoms with Gasteiger partial charge in [0, 0.05) is 11.9 Å². The molecule has 1 aromatic carbocycles. The lowest BCUT2D eigenvalue weighted by molar-refractivity contribution is -0.196. The average molecular weight is 651 g/mol. The summed E-state index contributed by atoms with van der Waals surface area (Å²) in [6.07, 6.45) is 9.84. The lowest BCUT2D eigenvalue weighted by Crippen LogP contribution is -2.54. The summed E-state index contributed by atoms with van der Waals surface area (Å²) < 4.78 is 18.5. The van der Waals surface area contributed by atoms with Gasteiger partial charge in [-0.05, 0) is 122 Å². The summed E-state index contributed by atoms with van der Waals surface area (Å²) in [5.74, 6) is 1.23. The molecule has 8 heteroatoms. The molecular weight excluding hydrogens is 589 g/mol. The maximum absolute atomic E-state index is 14.4. The molecule has 4 aliphatic carbocycles. The first kappa shape index (κ1) is 37.5. The summed E-state index contributed by atoms with van der Waals surface area (Å²) >= 11 is 0. The van der Waals surface area contributed by atoms with E-state index in [1.807, 2.05) is 91.2 Å². The van der Waals surface area contributed by atoms with E-state index < -0.39 is 16.1 Å². The Morgan fingerprint density at radius 3 is 2.02 bits per heavy atom.